The number of halogens is 2. The fraction of sp³-hybridized carbons (Fsp3) is 1.00. The molecular weight excluding hydrogens is 297 g/mol. The van der Waals surface area contributed by atoms with Crippen LogP contribution < -0.4 is 4.72 Å². The van der Waals surface area contributed by atoms with Crippen molar-refractivity contribution < 1.29 is 8.42 Å². The average molecular weight is 322 g/mol. The molecule has 8 heteroatoms. The van der Waals surface area contributed by atoms with E-state index in [2.05, 4.69) is 21.6 Å². The van der Waals surface area contributed by atoms with Crippen molar-refractivity contribution in [3.8, 4) is 0 Å². The molecule has 1 aliphatic rings. The van der Waals surface area contributed by atoms with Crippen molar-refractivity contribution in [1.82, 2.24) is 14.5 Å². The predicted molar refractivity (Wildman–Crippen MR) is 80.5 cm³/mol. The number of piperazine rings is 1. The van der Waals surface area contributed by atoms with E-state index in [4.69, 9.17) is 0 Å². The third-order valence-corrected chi connectivity index (χ3v) is 4.24. The summed E-state index contributed by atoms with van der Waals surface area (Å²) in [6, 6.07) is -0.0162. The van der Waals surface area contributed by atoms with Gasteiger partial charge in [0.2, 0.25) is 10.0 Å². The van der Waals surface area contributed by atoms with Crippen LogP contribution in [0, 0.1) is 0 Å². The fourth-order valence-electron chi connectivity index (χ4n) is 1.74. The van der Waals surface area contributed by atoms with Crippen LogP contribution in [-0.2, 0) is 10.0 Å². The van der Waals surface area contributed by atoms with Crippen LogP contribution in [0.5, 0.6) is 0 Å². The second kappa shape index (κ2) is 9.34. The molecule has 1 N–H and O–H groups in total. The van der Waals surface area contributed by atoms with Crippen molar-refractivity contribution in [1.29, 1.82) is 0 Å². The first kappa shape index (κ1) is 20.7. The third kappa shape index (κ3) is 8.50. The standard InChI is InChI=1S/C10H23N3O2S.2ClH/c1-10(2)11-16(14,15)9-8-13-6-4-12(3)5-7-13;;/h10-11H,4-9H2,1-3H3;2*1H. The van der Waals surface area contributed by atoms with Gasteiger partial charge in [-0.1, -0.05) is 0 Å². The summed E-state index contributed by atoms with van der Waals surface area (Å²) in [5.74, 6) is 0.203. The van der Waals surface area contributed by atoms with E-state index in [0.29, 0.717) is 6.54 Å². The van der Waals surface area contributed by atoms with E-state index in [1.165, 1.54) is 0 Å². The predicted octanol–water partition coefficient (Wildman–Crippen LogP) is 0.405. The van der Waals surface area contributed by atoms with Crippen LogP contribution in [0.15, 0.2) is 0 Å². The Balaban J connectivity index is 0. The van der Waals surface area contributed by atoms with Crippen LogP contribution in [0.3, 0.4) is 0 Å². The van der Waals surface area contributed by atoms with Gasteiger partial charge >= 0.3 is 0 Å². The molecule has 0 saturated carbocycles. The maximum atomic E-state index is 11.6. The van der Waals surface area contributed by atoms with Gasteiger partial charge in [0.1, 0.15) is 0 Å². The molecule has 0 aromatic carbocycles. The molecule has 0 amide bonds. The van der Waals surface area contributed by atoms with E-state index >= 15 is 0 Å². The molecule has 0 spiro atoms. The van der Waals surface area contributed by atoms with E-state index in [9.17, 15) is 8.42 Å². The zero-order valence-electron chi connectivity index (χ0n) is 11.3. The minimum atomic E-state index is -3.10. The number of likely N-dealkylation sites (N-methyl/N-ethyl adjacent to an activating group) is 1. The molecular formula is C10H25Cl2N3O2S. The Morgan fingerprint density at radius 2 is 1.61 bits per heavy atom. The maximum absolute atomic E-state index is 11.6. The number of hydrogen-bond donors (Lipinski definition) is 1. The quantitative estimate of drug-likeness (QED) is 0.796. The first-order valence-corrected chi connectivity index (χ1v) is 7.45. The summed E-state index contributed by atoms with van der Waals surface area (Å²) in [6.45, 7) is 8.30. The summed E-state index contributed by atoms with van der Waals surface area (Å²) in [7, 11) is -1.01. The Labute approximate surface area is 123 Å². The topological polar surface area (TPSA) is 52.7 Å². The number of nitrogens with zero attached hydrogens (tertiary/aromatic N) is 2. The third-order valence-electron chi connectivity index (χ3n) is 2.69. The van der Waals surface area contributed by atoms with Gasteiger partial charge < -0.3 is 4.90 Å². The van der Waals surface area contributed by atoms with Crippen molar-refractivity contribution in [3.63, 3.8) is 0 Å². The summed E-state index contributed by atoms with van der Waals surface area (Å²) >= 11 is 0. The lowest BCUT2D eigenvalue weighted by atomic mass is 10.3. The molecule has 1 fully saturated rings. The van der Waals surface area contributed by atoms with Crippen molar-refractivity contribution in [2.45, 2.75) is 19.9 Å². The summed E-state index contributed by atoms with van der Waals surface area (Å²) in [5, 5.41) is 0. The Morgan fingerprint density at radius 1 is 1.11 bits per heavy atom. The van der Waals surface area contributed by atoms with E-state index in [1.54, 1.807) is 0 Å². The highest BCUT2D eigenvalue weighted by Gasteiger charge is 2.17. The Morgan fingerprint density at radius 3 is 2.06 bits per heavy atom. The summed E-state index contributed by atoms with van der Waals surface area (Å²) < 4.78 is 25.8. The van der Waals surface area contributed by atoms with Crippen LogP contribution in [-0.4, -0.2) is 69.8 Å². The second-order valence-electron chi connectivity index (χ2n) is 4.74. The van der Waals surface area contributed by atoms with Crippen molar-refractivity contribution >= 4 is 34.8 Å². The Hall–Kier alpha value is 0.410. The van der Waals surface area contributed by atoms with Crippen molar-refractivity contribution in [2.75, 3.05) is 45.5 Å². The van der Waals surface area contributed by atoms with Crippen LogP contribution >= 0.6 is 24.8 Å². The van der Waals surface area contributed by atoms with Crippen LogP contribution in [0.2, 0.25) is 0 Å². The highest BCUT2D eigenvalue weighted by atomic mass is 35.5. The van der Waals surface area contributed by atoms with Gasteiger partial charge in [0.25, 0.3) is 0 Å². The van der Waals surface area contributed by atoms with Gasteiger partial charge in [0.05, 0.1) is 5.75 Å². The highest BCUT2D eigenvalue weighted by molar-refractivity contribution is 7.89. The van der Waals surface area contributed by atoms with Crippen LogP contribution in [0.4, 0.5) is 0 Å². The van der Waals surface area contributed by atoms with Gasteiger partial charge in [-0.2, -0.15) is 0 Å². The lowest BCUT2D eigenvalue weighted by Gasteiger charge is -2.32. The summed E-state index contributed by atoms with van der Waals surface area (Å²) in [4.78, 5) is 4.47. The summed E-state index contributed by atoms with van der Waals surface area (Å²) in [5.41, 5.74) is 0. The zero-order valence-corrected chi connectivity index (χ0v) is 13.7. The lowest BCUT2D eigenvalue weighted by molar-refractivity contribution is 0.161. The molecule has 112 valence electrons. The second-order valence-corrected chi connectivity index (χ2v) is 6.61. The normalized spacial score (nSPS) is 18.2. The molecule has 0 aromatic heterocycles. The van der Waals surface area contributed by atoms with Gasteiger partial charge in [-0.15, -0.1) is 24.8 Å². The van der Waals surface area contributed by atoms with E-state index in [0.717, 1.165) is 26.2 Å². The molecule has 5 nitrogen and oxygen atoms in total. The monoisotopic (exact) mass is 321 g/mol. The molecule has 0 aromatic rings. The van der Waals surface area contributed by atoms with Crippen LogP contribution in [0.25, 0.3) is 0 Å². The molecule has 0 atom stereocenters. The summed E-state index contributed by atoms with van der Waals surface area (Å²) in [6.07, 6.45) is 0. The number of nitrogens with one attached hydrogen (secondary N) is 1. The molecule has 0 aliphatic carbocycles. The van der Waals surface area contributed by atoms with Gasteiger partial charge in [0, 0.05) is 38.8 Å². The number of rotatable bonds is 5. The van der Waals surface area contributed by atoms with Gasteiger partial charge in [0.15, 0.2) is 0 Å². The average Bonchev–Trinajstić information content (AvgIpc) is 2.15. The molecule has 1 saturated heterocycles. The molecule has 0 radical (unpaired) electrons. The largest absolute Gasteiger partial charge is 0.304 e. The maximum Gasteiger partial charge on any atom is 0.213 e. The molecule has 0 unspecified atom stereocenters. The van der Waals surface area contributed by atoms with Gasteiger partial charge in [-0.05, 0) is 20.9 Å². The highest BCUT2D eigenvalue weighted by Crippen LogP contribution is 1.99. The smallest absolute Gasteiger partial charge is 0.213 e. The first-order valence-electron chi connectivity index (χ1n) is 5.80. The van der Waals surface area contributed by atoms with E-state index < -0.39 is 10.0 Å². The fourth-order valence-corrected chi connectivity index (χ4v) is 3.07. The van der Waals surface area contributed by atoms with Gasteiger partial charge in [-0.25, -0.2) is 13.1 Å². The number of hydrogen-bond acceptors (Lipinski definition) is 4. The molecule has 1 aliphatic heterocycles. The SMILES string of the molecule is CC(C)NS(=O)(=O)CCN1CCN(C)CC1.Cl.Cl. The number of sulfonamides is 1. The zero-order chi connectivity index (χ0) is 12.2. The van der Waals surface area contributed by atoms with Crippen LogP contribution in [0.1, 0.15) is 13.8 Å². The molecule has 1 heterocycles. The molecule has 1 rings (SSSR count). The van der Waals surface area contributed by atoms with Crippen molar-refractivity contribution in [3.05, 3.63) is 0 Å². The van der Waals surface area contributed by atoms with E-state index in [-0.39, 0.29) is 36.6 Å². The molecule has 18 heavy (non-hydrogen) atoms. The minimum absolute atomic E-state index is 0. The van der Waals surface area contributed by atoms with Crippen molar-refractivity contribution in [2.24, 2.45) is 0 Å². The minimum Gasteiger partial charge on any atom is -0.304 e. The van der Waals surface area contributed by atoms with E-state index in [1.807, 2.05) is 13.8 Å². The Kier molecular flexibility index (Phi) is 10.7. The van der Waals surface area contributed by atoms with Gasteiger partial charge in [-0.3, -0.25) is 4.90 Å². The molecule has 0 bridgehead atoms. The Bertz CT molecular complexity index is 304. The first-order chi connectivity index (χ1) is 7.39. The lowest BCUT2D eigenvalue weighted by Crippen LogP contribution is -2.46.